The maximum absolute atomic E-state index is 12.9. The number of amides is 1. The number of hydrogen-bond acceptors (Lipinski definition) is 5. The van der Waals surface area contributed by atoms with Crippen LogP contribution in [0.3, 0.4) is 0 Å². The molecule has 1 amide bonds. The summed E-state index contributed by atoms with van der Waals surface area (Å²) in [6.07, 6.45) is 0.0696. The lowest BCUT2D eigenvalue weighted by atomic mass is 9.87. The van der Waals surface area contributed by atoms with Crippen molar-refractivity contribution in [3.63, 3.8) is 0 Å². The van der Waals surface area contributed by atoms with E-state index >= 15 is 0 Å². The zero-order valence-corrected chi connectivity index (χ0v) is 16.5. The van der Waals surface area contributed by atoms with Gasteiger partial charge >= 0.3 is 5.97 Å². The minimum atomic E-state index is -0.570. The van der Waals surface area contributed by atoms with Gasteiger partial charge in [-0.25, -0.2) is 0 Å². The van der Waals surface area contributed by atoms with Crippen LogP contribution in [0.1, 0.15) is 30.5 Å². The van der Waals surface area contributed by atoms with Gasteiger partial charge in [-0.1, -0.05) is 29.8 Å². The van der Waals surface area contributed by atoms with E-state index in [1.54, 1.807) is 18.9 Å². The molecule has 0 unspecified atom stereocenters. The Labute approximate surface area is 164 Å². The standard InChI is InChI=1S/C22H24N2O4/c1-14-5-9-17(10-6-14)24-21(16-7-11-18(27-3)12-8-16)20(22(24)26)23-15(2)13-19(25)28-4/h5-12,20-21H,13H2,1-4H3/t20-,21+/m1/s1. The highest BCUT2D eigenvalue weighted by molar-refractivity contribution is 6.08. The van der Waals surface area contributed by atoms with E-state index in [2.05, 4.69) is 4.99 Å². The first kappa shape index (κ1) is 19.6. The van der Waals surface area contributed by atoms with Crippen molar-refractivity contribution in [1.29, 1.82) is 0 Å². The molecule has 3 rings (SSSR count). The molecule has 0 N–H and O–H groups in total. The van der Waals surface area contributed by atoms with Gasteiger partial charge in [-0.05, 0) is 43.7 Å². The fourth-order valence-electron chi connectivity index (χ4n) is 3.29. The summed E-state index contributed by atoms with van der Waals surface area (Å²) < 4.78 is 9.92. The first-order valence-electron chi connectivity index (χ1n) is 9.08. The number of nitrogens with zero attached hydrogens (tertiary/aromatic N) is 2. The fourth-order valence-corrected chi connectivity index (χ4v) is 3.29. The third kappa shape index (κ3) is 3.91. The van der Waals surface area contributed by atoms with E-state index < -0.39 is 6.04 Å². The largest absolute Gasteiger partial charge is 0.497 e. The lowest BCUT2D eigenvalue weighted by Gasteiger charge is -2.45. The molecule has 0 aromatic heterocycles. The number of benzene rings is 2. The highest BCUT2D eigenvalue weighted by Gasteiger charge is 2.49. The molecule has 0 radical (unpaired) electrons. The quantitative estimate of drug-likeness (QED) is 0.437. The lowest BCUT2D eigenvalue weighted by molar-refractivity contribution is -0.139. The minimum Gasteiger partial charge on any atom is -0.497 e. The monoisotopic (exact) mass is 380 g/mol. The molecule has 2 aromatic rings. The van der Waals surface area contributed by atoms with Gasteiger partial charge in [-0.2, -0.15) is 0 Å². The van der Waals surface area contributed by atoms with Crippen LogP contribution in [0.5, 0.6) is 5.75 Å². The van der Waals surface area contributed by atoms with Crippen molar-refractivity contribution in [2.45, 2.75) is 32.4 Å². The first-order valence-corrected chi connectivity index (χ1v) is 9.08. The minimum absolute atomic E-state index is 0.0696. The van der Waals surface area contributed by atoms with Gasteiger partial charge in [-0.15, -0.1) is 0 Å². The topological polar surface area (TPSA) is 68.2 Å². The molecule has 6 nitrogen and oxygen atoms in total. The predicted molar refractivity (Wildman–Crippen MR) is 108 cm³/mol. The Hall–Kier alpha value is -3.15. The Morgan fingerprint density at radius 3 is 2.29 bits per heavy atom. The van der Waals surface area contributed by atoms with Crippen molar-refractivity contribution < 1.29 is 19.1 Å². The predicted octanol–water partition coefficient (Wildman–Crippen LogP) is 3.48. The van der Waals surface area contributed by atoms with Crippen LogP contribution < -0.4 is 9.64 Å². The number of rotatable bonds is 6. The number of β-lactam (4-membered cyclic amide) rings is 1. The van der Waals surface area contributed by atoms with Gasteiger partial charge in [0.15, 0.2) is 6.04 Å². The summed E-state index contributed by atoms with van der Waals surface area (Å²) in [5.41, 5.74) is 3.49. The van der Waals surface area contributed by atoms with E-state index in [-0.39, 0.29) is 24.3 Å². The summed E-state index contributed by atoms with van der Waals surface area (Å²) >= 11 is 0. The van der Waals surface area contributed by atoms with Crippen LogP contribution in [-0.2, 0) is 14.3 Å². The molecule has 2 atom stereocenters. The average Bonchev–Trinajstić information content (AvgIpc) is 2.71. The summed E-state index contributed by atoms with van der Waals surface area (Å²) in [6.45, 7) is 3.75. The van der Waals surface area contributed by atoms with Gasteiger partial charge < -0.3 is 14.4 Å². The second-order valence-corrected chi connectivity index (χ2v) is 6.82. The molecule has 0 saturated carbocycles. The van der Waals surface area contributed by atoms with Gasteiger partial charge in [0.1, 0.15) is 5.75 Å². The Morgan fingerprint density at radius 1 is 1.07 bits per heavy atom. The number of methoxy groups -OCH3 is 2. The Bertz CT molecular complexity index is 888. The molecule has 1 heterocycles. The number of aliphatic imine (C=N–C) groups is 1. The van der Waals surface area contributed by atoms with Gasteiger partial charge in [0.05, 0.1) is 26.7 Å². The van der Waals surface area contributed by atoms with E-state index in [1.165, 1.54) is 7.11 Å². The van der Waals surface area contributed by atoms with E-state index in [0.29, 0.717) is 5.71 Å². The maximum Gasteiger partial charge on any atom is 0.311 e. The number of anilines is 1. The van der Waals surface area contributed by atoms with Crippen LogP contribution in [0.25, 0.3) is 0 Å². The summed E-state index contributed by atoms with van der Waals surface area (Å²) in [4.78, 5) is 30.7. The Kier molecular flexibility index (Phi) is 5.78. The second-order valence-electron chi connectivity index (χ2n) is 6.82. The SMILES string of the molecule is COC(=O)CC(C)=N[C@H]1C(=O)N(c2ccc(C)cc2)[C@H]1c1ccc(OC)cc1. The molecule has 6 heteroatoms. The number of ether oxygens (including phenoxy) is 2. The van der Waals surface area contributed by atoms with Crippen LogP contribution in [0.4, 0.5) is 5.69 Å². The molecular formula is C22H24N2O4. The van der Waals surface area contributed by atoms with Gasteiger partial charge in [0, 0.05) is 11.4 Å². The van der Waals surface area contributed by atoms with Crippen LogP contribution in [-0.4, -0.2) is 37.8 Å². The van der Waals surface area contributed by atoms with Crippen LogP contribution >= 0.6 is 0 Å². The molecule has 2 aromatic carbocycles. The van der Waals surface area contributed by atoms with Gasteiger partial charge in [-0.3, -0.25) is 14.6 Å². The number of carbonyl (C=O) groups is 2. The average molecular weight is 380 g/mol. The van der Waals surface area contributed by atoms with Crippen molar-refractivity contribution in [3.8, 4) is 5.75 Å². The summed E-state index contributed by atoms with van der Waals surface area (Å²) in [7, 11) is 2.95. The first-order chi connectivity index (χ1) is 13.4. The summed E-state index contributed by atoms with van der Waals surface area (Å²) in [6, 6.07) is 14.6. The van der Waals surface area contributed by atoms with E-state index in [1.807, 2.05) is 55.5 Å². The summed E-state index contributed by atoms with van der Waals surface area (Å²) in [5, 5.41) is 0. The number of carbonyl (C=O) groups excluding carboxylic acids is 2. The highest BCUT2D eigenvalue weighted by atomic mass is 16.5. The van der Waals surface area contributed by atoms with E-state index in [0.717, 1.165) is 22.6 Å². The van der Waals surface area contributed by atoms with E-state index in [4.69, 9.17) is 9.47 Å². The van der Waals surface area contributed by atoms with E-state index in [9.17, 15) is 9.59 Å². The second kappa shape index (κ2) is 8.25. The van der Waals surface area contributed by atoms with Crippen LogP contribution in [0, 0.1) is 6.92 Å². The Balaban J connectivity index is 1.94. The zero-order chi connectivity index (χ0) is 20.3. The third-order valence-corrected chi connectivity index (χ3v) is 4.82. The molecular weight excluding hydrogens is 356 g/mol. The summed E-state index contributed by atoms with van der Waals surface area (Å²) in [5.74, 6) is 0.288. The zero-order valence-electron chi connectivity index (χ0n) is 16.5. The molecule has 0 bridgehead atoms. The molecule has 1 aliphatic rings. The van der Waals surface area contributed by atoms with Gasteiger partial charge in [0.25, 0.3) is 5.91 Å². The number of aryl methyl sites for hydroxylation is 1. The van der Waals surface area contributed by atoms with Crippen LogP contribution in [0.2, 0.25) is 0 Å². The van der Waals surface area contributed by atoms with Crippen molar-refractivity contribution in [2.75, 3.05) is 19.1 Å². The van der Waals surface area contributed by atoms with Crippen molar-refractivity contribution >= 4 is 23.3 Å². The smallest absolute Gasteiger partial charge is 0.311 e. The Morgan fingerprint density at radius 2 is 1.71 bits per heavy atom. The molecule has 1 fully saturated rings. The van der Waals surface area contributed by atoms with Crippen molar-refractivity contribution in [2.24, 2.45) is 4.99 Å². The number of esters is 1. The highest BCUT2D eigenvalue weighted by Crippen LogP contribution is 2.41. The molecule has 0 aliphatic carbocycles. The lowest BCUT2D eigenvalue weighted by Crippen LogP contribution is -2.58. The van der Waals surface area contributed by atoms with Gasteiger partial charge in [0.2, 0.25) is 0 Å². The normalized spacial score (nSPS) is 19.2. The van der Waals surface area contributed by atoms with Crippen molar-refractivity contribution in [1.82, 2.24) is 0 Å². The number of hydrogen-bond donors (Lipinski definition) is 0. The van der Waals surface area contributed by atoms with Crippen LogP contribution in [0.15, 0.2) is 53.5 Å². The maximum atomic E-state index is 12.9. The molecule has 0 spiro atoms. The third-order valence-electron chi connectivity index (χ3n) is 4.82. The molecule has 146 valence electrons. The molecule has 1 aliphatic heterocycles. The molecule has 28 heavy (non-hydrogen) atoms. The molecule has 1 saturated heterocycles. The van der Waals surface area contributed by atoms with Crippen molar-refractivity contribution in [3.05, 3.63) is 59.7 Å². The fraction of sp³-hybridized carbons (Fsp3) is 0.318.